The summed E-state index contributed by atoms with van der Waals surface area (Å²) in [5.41, 5.74) is 0.517. The first kappa shape index (κ1) is 12.9. The summed E-state index contributed by atoms with van der Waals surface area (Å²) in [6.07, 6.45) is 1.50. The molecule has 0 spiro atoms. The molecule has 0 saturated carbocycles. The van der Waals surface area contributed by atoms with E-state index in [0.29, 0.717) is 11.3 Å². The molecule has 0 radical (unpaired) electrons. The third-order valence-electron chi connectivity index (χ3n) is 2.48. The van der Waals surface area contributed by atoms with Crippen LogP contribution in [-0.2, 0) is 0 Å². The molecule has 3 aromatic rings. The van der Waals surface area contributed by atoms with Crippen LogP contribution in [0.25, 0.3) is 11.7 Å². The predicted octanol–water partition coefficient (Wildman–Crippen LogP) is 3.19. The van der Waals surface area contributed by atoms with E-state index in [1.165, 1.54) is 6.26 Å². The summed E-state index contributed by atoms with van der Waals surface area (Å²) in [7, 11) is 0. The van der Waals surface area contributed by atoms with Crippen LogP contribution in [0.5, 0.6) is 0 Å². The van der Waals surface area contributed by atoms with E-state index >= 15 is 0 Å². The molecule has 20 heavy (non-hydrogen) atoms. The number of nitrogens with zero attached hydrogens (tertiary/aromatic N) is 2. The third kappa shape index (κ3) is 2.72. The minimum absolute atomic E-state index is 0.0277. The Labute approximate surface area is 127 Å². The van der Waals surface area contributed by atoms with Crippen molar-refractivity contribution in [2.24, 2.45) is 0 Å². The number of halogens is 1. The van der Waals surface area contributed by atoms with Crippen LogP contribution < -0.4 is 5.32 Å². The molecule has 0 aliphatic rings. The number of hydrogen-bond acceptors (Lipinski definition) is 5. The maximum Gasteiger partial charge on any atom is 0.322 e. The molecular weight excluding hydrogens is 373 g/mol. The Bertz CT molecular complexity index is 720. The molecule has 7 heteroatoms. The largest absolute Gasteiger partial charge is 0.459 e. The van der Waals surface area contributed by atoms with Crippen LogP contribution in [0.4, 0.5) is 6.01 Å². The van der Waals surface area contributed by atoms with Gasteiger partial charge < -0.3 is 8.83 Å². The van der Waals surface area contributed by atoms with Crippen LogP contribution in [0.1, 0.15) is 10.4 Å². The zero-order valence-electron chi connectivity index (χ0n) is 10.0. The molecular formula is C13H8IN3O3. The van der Waals surface area contributed by atoms with Crippen LogP contribution in [0, 0.1) is 3.57 Å². The zero-order chi connectivity index (χ0) is 13.9. The highest BCUT2D eigenvalue weighted by molar-refractivity contribution is 14.1. The van der Waals surface area contributed by atoms with E-state index < -0.39 is 0 Å². The number of hydrogen-bond donors (Lipinski definition) is 1. The predicted molar refractivity (Wildman–Crippen MR) is 79.1 cm³/mol. The Morgan fingerprint density at radius 1 is 1.15 bits per heavy atom. The minimum atomic E-state index is -0.309. The van der Waals surface area contributed by atoms with E-state index in [-0.39, 0.29) is 17.8 Å². The molecule has 2 aromatic heterocycles. The lowest BCUT2D eigenvalue weighted by atomic mass is 10.2. The Balaban J connectivity index is 1.75. The third-order valence-corrected chi connectivity index (χ3v) is 3.20. The normalized spacial score (nSPS) is 10.4. The smallest absolute Gasteiger partial charge is 0.322 e. The number of nitrogens with one attached hydrogen (secondary N) is 1. The molecule has 1 N–H and O–H groups in total. The van der Waals surface area contributed by atoms with Crippen molar-refractivity contribution in [1.29, 1.82) is 0 Å². The van der Waals surface area contributed by atoms with Crippen molar-refractivity contribution in [2.45, 2.75) is 0 Å². The van der Waals surface area contributed by atoms with Gasteiger partial charge in [-0.3, -0.25) is 10.1 Å². The molecule has 0 atom stereocenters. The van der Waals surface area contributed by atoms with Crippen molar-refractivity contribution < 1.29 is 13.6 Å². The Morgan fingerprint density at radius 3 is 2.65 bits per heavy atom. The van der Waals surface area contributed by atoms with Gasteiger partial charge in [0.25, 0.3) is 11.8 Å². The lowest BCUT2D eigenvalue weighted by Crippen LogP contribution is -2.11. The molecule has 1 aromatic carbocycles. The molecule has 3 rings (SSSR count). The summed E-state index contributed by atoms with van der Waals surface area (Å²) in [4.78, 5) is 12.0. The maximum absolute atomic E-state index is 12.0. The summed E-state index contributed by atoms with van der Waals surface area (Å²) >= 11 is 2.17. The second-order valence-electron chi connectivity index (χ2n) is 3.85. The second-order valence-corrected chi connectivity index (χ2v) is 5.10. The van der Waals surface area contributed by atoms with Crippen LogP contribution >= 0.6 is 22.6 Å². The number of furan rings is 1. The van der Waals surface area contributed by atoms with Gasteiger partial charge in [0.2, 0.25) is 0 Å². The highest BCUT2D eigenvalue weighted by Crippen LogP contribution is 2.20. The lowest BCUT2D eigenvalue weighted by molar-refractivity contribution is 0.102. The van der Waals surface area contributed by atoms with Gasteiger partial charge in [-0.1, -0.05) is 5.10 Å². The van der Waals surface area contributed by atoms with Crippen molar-refractivity contribution in [3.63, 3.8) is 0 Å². The number of carbonyl (C=O) groups excluding carboxylic acids is 1. The lowest BCUT2D eigenvalue weighted by Gasteiger charge is -2.00. The van der Waals surface area contributed by atoms with Crippen LogP contribution in [-0.4, -0.2) is 16.1 Å². The van der Waals surface area contributed by atoms with Crippen molar-refractivity contribution in [3.8, 4) is 11.7 Å². The summed E-state index contributed by atoms with van der Waals surface area (Å²) in [6, 6.07) is 10.6. The van der Waals surface area contributed by atoms with Gasteiger partial charge in [0.1, 0.15) is 0 Å². The number of carbonyl (C=O) groups is 1. The van der Waals surface area contributed by atoms with Crippen LogP contribution in [0.15, 0.2) is 51.5 Å². The molecule has 1 amide bonds. The van der Waals surface area contributed by atoms with Gasteiger partial charge in [0.05, 0.1) is 6.26 Å². The summed E-state index contributed by atoms with van der Waals surface area (Å²) in [5.74, 6) is 0.358. The zero-order valence-corrected chi connectivity index (χ0v) is 12.2. The standard InChI is InChI=1S/C13H8IN3O3/c14-9-5-3-8(4-6-9)11(18)15-13-17-16-12(20-13)10-2-1-7-19-10/h1-7H,(H,15,17,18). The molecule has 0 fully saturated rings. The second kappa shape index (κ2) is 5.45. The molecule has 2 heterocycles. The fourth-order valence-electron chi connectivity index (χ4n) is 1.54. The van der Waals surface area contributed by atoms with E-state index in [1.54, 1.807) is 24.3 Å². The van der Waals surface area contributed by atoms with E-state index in [1.807, 2.05) is 12.1 Å². The SMILES string of the molecule is O=C(Nc1nnc(-c2ccco2)o1)c1ccc(I)cc1. The van der Waals surface area contributed by atoms with Crippen LogP contribution in [0.2, 0.25) is 0 Å². The van der Waals surface area contributed by atoms with Crippen molar-refractivity contribution in [3.05, 3.63) is 51.8 Å². The van der Waals surface area contributed by atoms with Crippen molar-refractivity contribution in [2.75, 3.05) is 5.32 Å². The maximum atomic E-state index is 12.0. The molecule has 0 bridgehead atoms. The first-order valence-corrected chi connectivity index (χ1v) is 6.74. The summed E-state index contributed by atoms with van der Waals surface area (Å²) < 4.78 is 11.5. The van der Waals surface area contributed by atoms with Gasteiger partial charge in [0, 0.05) is 9.13 Å². The van der Waals surface area contributed by atoms with Gasteiger partial charge in [-0.25, -0.2) is 0 Å². The first-order chi connectivity index (χ1) is 9.72. The summed E-state index contributed by atoms with van der Waals surface area (Å²) in [5, 5.41) is 10.1. The monoisotopic (exact) mass is 381 g/mol. The molecule has 6 nitrogen and oxygen atoms in total. The van der Waals surface area contributed by atoms with Gasteiger partial charge in [-0.15, -0.1) is 5.10 Å². The molecule has 0 aliphatic heterocycles. The van der Waals surface area contributed by atoms with E-state index in [2.05, 4.69) is 38.1 Å². The average Bonchev–Trinajstić information content (AvgIpc) is 3.09. The molecule has 0 unspecified atom stereocenters. The van der Waals surface area contributed by atoms with Gasteiger partial charge in [-0.2, -0.15) is 0 Å². The quantitative estimate of drug-likeness (QED) is 0.705. The van der Waals surface area contributed by atoms with Gasteiger partial charge >= 0.3 is 6.01 Å². The number of aromatic nitrogens is 2. The molecule has 0 saturated heterocycles. The van der Waals surface area contributed by atoms with E-state index in [4.69, 9.17) is 8.83 Å². The first-order valence-electron chi connectivity index (χ1n) is 5.67. The molecule has 100 valence electrons. The highest BCUT2D eigenvalue weighted by Gasteiger charge is 2.13. The van der Waals surface area contributed by atoms with Gasteiger partial charge in [-0.05, 0) is 59.0 Å². The van der Waals surface area contributed by atoms with E-state index in [9.17, 15) is 4.79 Å². The number of anilines is 1. The summed E-state index contributed by atoms with van der Waals surface area (Å²) in [6.45, 7) is 0. The number of amides is 1. The Kier molecular flexibility index (Phi) is 3.50. The van der Waals surface area contributed by atoms with Crippen molar-refractivity contribution >= 4 is 34.5 Å². The van der Waals surface area contributed by atoms with Crippen molar-refractivity contribution in [1.82, 2.24) is 10.2 Å². The fraction of sp³-hybridized carbons (Fsp3) is 0. The Hall–Kier alpha value is -2.16. The number of benzene rings is 1. The molecule has 0 aliphatic carbocycles. The topological polar surface area (TPSA) is 81.2 Å². The van der Waals surface area contributed by atoms with E-state index in [0.717, 1.165) is 3.57 Å². The number of rotatable bonds is 3. The fourth-order valence-corrected chi connectivity index (χ4v) is 1.90. The average molecular weight is 381 g/mol. The minimum Gasteiger partial charge on any atom is -0.459 e. The van der Waals surface area contributed by atoms with Gasteiger partial charge in [0.15, 0.2) is 5.76 Å². The highest BCUT2D eigenvalue weighted by atomic mass is 127. The van der Waals surface area contributed by atoms with Crippen LogP contribution in [0.3, 0.4) is 0 Å². The Morgan fingerprint density at radius 2 is 1.95 bits per heavy atom.